The maximum absolute atomic E-state index is 13.4. The summed E-state index contributed by atoms with van der Waals surface area (Å²) in [6.07, 6.45) is 0. The lowest BCUT2D eigenvalue weighted by Crippen LogP contribution is -2.31. The minimum Gasteiger partial charge on any atom is -0.496 e. The third kappa shape index (κ3) is 3.66. The molecule has 1 aliphatic heterocycles. The Labute approximate surface area is 174 Å². The molecule has 1 atom stereocenters. The van der Waals surface area contributed by atoms with Gasteiger partial charge in [-0.1, -0.05) is 17.7 Å². The molecule has 0 radical (unpaired) electrons. The first-order chi connectivity index (χ1) is 13.3. The fourth-order valence-electron chi connectivity index (χ4n) is 3.19. The number of rotatable bonds is 6. The summed E-state index contributed by atoms with van der Waals surface area (Å²) in [5.41, 5.74) is 1.25. The number of sulfonamides is 1. The van der Waals surface area contributed by atoms with Gasteiger partial charge >= 0.3 is 0 Å². The van der Waals surface area contributed by atoms with Crippen molar-refractivity contribution in [2.24, 2.45) is 0 Å². The highest BCUT2D eigenvalue weighted by Crippen LogP contribution is 2.48. The summed E-state index contributed by atoms with van der Waals surface area (Å²) in [4.78, 5) is 0.215. The summed E-state index contributed by atoms with van der Waals surface area (Å²) >= 11 is 7.70. The predicted octanol–water partition coefficient (Wildman–Crippen LogP) is 4.11. The van der Waals surface area contributed by atoms with Gasteiger partial charge in [-0.3, -0.25) is 0 Å². The molecule has 0 N–H and O–H groups in total. The highest BCUT2D eigenvalue weighted by Gasteiger charge is 2.39. The number of hydrogen-bond acceptors (Lipinski definition) is 6. The fourth-order valence-corrected chi connectivity index (χ4v) is 6.91. The largest absolute Gasteiger partial charge is 0.496 e. The van der Waals surface area contributed by atoms with Crippen LogP contribution in [0.5, 0.6) is 17.2 Å². The van der Waals surface area contributed by atoms with Crippen molar-refractivity contribution in [3.8, 4) is 17.2 Å². The normalized spacial score (nSPS) is 17.5. The van der Waals surface area contributed by atoms with Crippen molar-refractivity contribution >= 4 is 33.4 Å². The molecule has 1 unspecified atom stereocenters. The number of methoxy groups -OCH3 is 3. The molecule has 1 fully saturated rings. The van der Waals surface area contributed by atoms with E-state index in [1.807, 2.05) is 0 Å². The molecular formula is C19H22ClNO5S2. The Morgan fingerprint density at radius 2 is 1.71 bits per heavy atom. The molecule has 6 nitrogen and oxygen atoms in total. The van der Waals surface area contributed by atoms with Gasteiger partial charge in [0.1, 0.15) is 5.75 Å². The summed E-state index contributed by atoms with van der Waals surface area (Å²) in [7, 11) is 0.880. The third-order valence-electron chi connectivity index (χ3n) is 4.66. The summed E-state index contributed by atoms with van der Waals surface area (Å²) in [5.74, 6) is 2.24. The fraction of sp³-hybridized carbons (Fsp3) is 0.368. The number of thioether (sulfide) groups is 1. The number of halogens is 1. The quantitative estimate of drug-likeness (QED) is 0.669. The maximum atomic E-state index is 13.4. The molecule has 1 heterocycles. The Morgan fingerprint density at radius 1 is 1.07 bits per heavy atom. The van der Waals surface area contributed by atoms with E-state index in [4.69, 9.17) is 25.8 Å². The second-order valence-electron chi connectivity index (χ2n) is 6.15. The Balaban J connectivity index is 2.10. The van der Waals surface area contributed by atoms with Crippen LogP contribution in [0, 0.1) is 6.92 Å². The molecule has 0 bridgehead atoms. The van der Waals surface area contributed by atoms with Crippen LogP contribution < -0.4 is 14.2 Å². The summed E-state index contributed by atoms with van der Waals surface area (Å²) in [6.45, 7) is 2.10. The summed E-state index contributed by atoms with van der Waals surface area (Å²) < 4.78 is 44.6. The first-order valence-electron chi connectivity index (χ1n) is 8.53. The molecule has 9 heteroatoms. The van der Waals surface area contributed by atoms with E-state index in [1.54, 1.807) is 58.6 Å². The summed E-state index contributed by atoms with van der Waals surface area (Å²) in [5, 5.41) is -0.0219. The lowest BCUT2D eigenvalue weighted by molar-refractivity contribution is 0.344. The maximum Gasteiger partial charge on any atom is 0.244 e. The summed E-state index contributed by atoms with van der Waals surface area (Å²) in [6, 6.07) is 8.40. The minimum atomic E-state index is -3.75. The topological polar surface area (TPSA) is 65.1 Å². The van der Waals surface area contributed by atoms with E-state index < -0.39 is 15.4 Å². The molecule has 0 aliphatic carbocycles. The molecule has 0 saturated carbocycles. The monoisotopic (exact) mass is 443 g/mol. The van der Waals surface area contributed by atoms with E-state index in [-0.39, 0.29) is 4.90 Å². The first-order valence-corrected chi connectivity index (χ1v) is 11.4. The molecule has 0 amide bonds. The predicted molar refractivity (Wildman–Crippen MR) is 111 cm³/mol. The minimum absolute atomic E-state index is 0.215. The van der Waals surface area contributed by atoms with Crippen LogP contribution in [0.15, 0.2) is 35.2 Å². The lowest BCUT2D eigenvalue weighted by atomic mass is 10.1. The van der Waals surface area contributed by atoms with E-state index in [1.165, 1.54) is 16.1 Å². The van der Waals surface area contributed by atoms with E-state index in [0.29, 0.717) is 45.7 Å². The zero-order valence-electron chi connectivity index (χ0n) is 16.1. The van der Waals surface area contributed by atoms with Gasteiger partial charge in [0.25, 0.3) is 0 Å². The van der Waals surface area contributed by atoms with Crippen LogP contribution in [-0.4, -0.2) is 46.4 Å². The molecule has 2 aromatic rings. The van der Waals surface area contributed by atoms with E-state index in [2.05, 4.69) is 0 Å². The van der Waals surface area contributed by atoms with Gasteiger partial charge in [-0.2, -0.15) is 4.31 Å². The van der Waals surface area contributed by atoms with Gasteiger partial charge in [0.2, 0.25) is 10.0 Å². The van der Waals surface area contributed by atoms with Gasteiger partial charge in [-0.05, 0) is 30.7 Å². The van der Waals surface area contributed by atoms with Crippen molar-refractivity contribution in [3.05, 3.63) is 46.5 Å². The van der Waals surface area contributed by atoms with Gasteiger partial charge in [0.05, 0.1) is 31.6 Å². The van der Waals surface area contributed by atoms with Crippen molar-refractivity contribution in [2.75, 3.05) is 33.6 Å². The third-order valence-corrected chi connectivity index (χ3v) is 8.45. The number of nitrogens with zero attached hydrogens (tertiary/aromatic N) is 1. The Hall–Kier alpha value is -1.61. The second-order valence-corrected chi connectivity index (χ2v) is 9.61. The van der Waals surface area contributed by atoms with Crippen LogP contribution in [0.1, 0.15) is 16.5 Å². The van der Waals surface area contributed by atoms with E-state index in [9.17, 15) is 8.42 Å². The van der Waals surface area contributed by atoms with E-state index >= 15 is 0 Å². The van der Waals surface area contributed by atoms with Crippen LogP contribution in [0.25, 0.3) is 0 Å². The SMILES string of the molecule is COc1cc(OC)c(C2SCCN2S(=O)(=O)c2cccc(Cl)c2C)cc1OC. The number of hydrogen-bond donors (Lipinski definition) is 0. The van der Waals surface area contributed by atoms with Crippen LogP contribution in [0.4, 0.5) is 0 Å². The van der Waals surface area contributed by atoms with Gasteiger partial charge < -0.3 is 14.2 Å². The first kappa shape index (κ1) is 21.1. The molecule has 1 aliphatic rings. The Kier molecular flexibility index (Phi) is 6.34. The average Bonchev–Trinajstić information content (AvgIpc) is 3.19. The van der Waals surface area contributed by atoms with Crippen LogP contribution in [0.2, 0.25) is 5.02 Å². The van der Waals surface area contributed by atoms with Crippen LogP contribution >= 0.6 is 23.4 Å². The average molecular weight is 444 g/mol. The van der Waals surface area contributed by atoms with Crippen molar-refractivity contribution in [1.82, 2.24) is 4.31 Å². The molecule has 3 rings (SSSR count). The van der Waals surface area contributed by atoms with Gasteiger partial charge in [0.15, 0.2) is 11.5 Å². The van der Waals surface area contributed by atoms with Gasteiger partial charge in [-0.15, -0.1) is 11.8 Å². The van der Waals surface area contributed by atoms with Crippen LogP contribution in [0.3, 0.4) is 0 Å². The lowest BCUT2D eigenvalue weighted by Gasteiger charge is -2.26. The van der Waals surface area contributed by atoms with Crippen LogP contribution in [-0.2, 0) is 10.0 Å². The zero-order chi connectivity index (χ0) is 20.5. The van der Waals surface area contributed by atoms with Gasteiger partial charge in [-0.25, -0.2) is 8.42 Å². The van der Waals surface area contributed by atoms with Crippen molar-refractivity contribution < 1.29 is 22.6 Å². The second kappa shape index (κ2) is 8.41. The molecule has 0 aromatic heterocycles. The molecule has 28 heavy (non-hydrogen) atoms. The van der Waals surface area contributed by atoms with Crippen molar-refractivity contribution in [1.29, 1.82) is 0 Å². The smallest absolute Gasteiger partial charge is 0.244 e. The standard InChI is InChI=1S/C19H22ClNO5S2/c1-12-14(20)6-5-7-18(12)28(22,23)21-8-9-27-19(21)13-10-16(25-3)17(26-4)11-15(13)24-2/h5-7,10-11,19H,8-9H2,1-4H3. The Bertz CT molecular complexity index is 981. The van der Waals surface area contributed by atoms with Crippen molar-refractivity contribution in [3.63, 3.8) is 0 Å². The molecule has 1 saturated heterocycles. The number of benzene rings is 2. The van der Waals surface area contributed by atoms with Crippen molar-refractivity contribution in [2.45, 2.75) is 17.2 Å². The number of ether oxygens (including phenoxy) is 3. The van der Waals surface area contributed by atoms with E-state index in [0.717, 1.165) is 0 Å². The molecule has 0 spiro atoms. The highest BCUT2D eigenvalue weighted by molar-refractivity contribution is 8.01. The molecule has 2 aromatic carbocycles. The highest BCUT2D eigenvalue weighted by atomic mass is 35.5. The molecule has 152 valence electrons. The van der Waals surface area contributed by atoms with Gasteiger partial charge in [0, 0.05) is 29.0 Å². The zero-order valence-corrected chi connectivity index (χ0v) is 18.5. The Morgan fingerprint density at radius 3 is 2.36 bits per heavy atom. The molecular weight excluding hydrogens is 422 g/mol.